The van der Waals surface area contributed by atoms with Crippen molar-refractivity contribution in [3.05, 3.63) is 48.0 Å². The number of fused-ring (bicyclic) bond motifs is 1. The van der Waals surface area contributed by atoms with Crippen LogP contribution in [0.25, 0.3) is 10.8 Å². The molecule has 0 spiro atoms. The van der Waals surface area contributed by atoms with E-state index in [2.05, 4.69) is 64.5 Å². The molecule has 0 aromatic heterocycles. The van der Waals surface area contributed by atoms with Crippen molar-refractivity contribution in [2.75, 3.05) is 39.3 Å². The van der Waals surface area contributed by atoms with Gasteiger partial charge < -0.3 is 5.32 Å². The minimum atomic E-state index is 0.507. The van der Waals surface area contributed by atoms with Crippen molar-refractivity contribution < 1.29 is 0 Å². The molecule has 3 heteroatoms. The summed E-state index contributed by atoms with van der Waals surface area (Å²) in [7, 11) is 0. The van der Waals surface area contributed by atoms with Gasteiger partial charge in [-0.3, -0.25) is 9.80 Å². The van der Waals surface area contributed by atoms with Gasteiger partial charge in [0.25, 0.3) is 0 Å². The Labute approximate surface area is 139 Å². The van der Waals surface area contributed by atoms with E-state index in [1.807, 2.05) is 0 Å². The Morgan fingerprint density at radius 1 is 1.00 bits per heavy atom. The molecule has 1 N–H and O–H groups in total. The van der Waals surface area contributed by atoms with E-state index in [1.54, 1.807) is 0 Å². The molecule has 0 amide bonds. The maximum absolute atomic E-state index is 3.46. The Bertz CT molecular complexity index is 663. The summed E-state index contributed by atoms with van der Waals surface area (Å²) in [5.41, 5.74) is 1.45. The SMILES string of the molecule is CC(c1ccc2ccccc2c1)N1CCC(N2CCNCC2)C1. The Morgan fingerprint density at radius 3 is 2.61 bits per heavy atom. The van der Waals surface area contributed by atoms with Gasteiger partial charge in [-0.25, -0.2) is 0 Å². The molecule has 2 atom stereocenters. The number of rotatable bonds is 3. The molecule has 0 aliphatic carbocycles. The number of piperazine rings is 1. The maximum Gasteiger partial charge on any atom is 0.0320 e. The minimum absolute atomic E-state index is 0.507. The third-order valence-corrected chi connectivity index (χ3v) is 5.67. The smallest absolute Gasteiger partial charge is 0.0320 e. The molecule has 0 bridgehead atoms. The van der Waals surface area contributed by atoms with E-state index < -0.39 is 0 Å². The van der Waals surface area contributed by atoms with Crippen molar-refractivity contribution in [2.24, 2.45) is 0 Å². The molecule has 0 saturated carbocycles. The zero-order chi connectivity index (χ0) is 15.6. The van der Waals surface area contributed by atoms with Gasteiger partial charge in [0, 0.05) is 51.4 Å². The zero-order valence-electron chi connectivity index (χ0n) is 14.0. The van der Waals surface area contributed by atoms with Gasteiger partial charge in [0.05, 0.1) is 0 Å². The molecule has 2 saturated heterocycles. The lowest BCUT2D eigenvalue weighted by Gasteiger charge is -2.33. The molecule has 2 aromatic rings. The number of nitrogens with zero attached hydrogens (tertiary/aromatic N) is 2. The highest BCUT2D eigenvalue weighted by Gasteiger charge is 2.31. The summed E-state index contributed by atoms with van der Waals surface area (Å²) >= 11 is 0. The summed E-state index contributed by atoms with van der Waals surface area (Å²) in [6, 6.07) is 16.9. The molecule has 2 aliphatic rings. The summed E-state index contributed by atoms with van der Waals surface area (Å²) in [4.78, 5) is 5.35. The number of hydrogen-bond donors (Lipinski definition) is 1. The van der Waals surface area contributed by atoms with Crippen LogP contribution < -0.4 is 5.32 Å². The van der Waals surface area contributed by atoms with Crippen LogP contribution in [0.1, 0.15) is 24.9 Å². The predicted molar refractivity (Wildman–Crippen MR) is 96.8 cm³/mol. The van der Waals surface area contributed by atoms with Crippen LogP contribution in [-0.2, 0) is 0 Å². The highest BCUT2D eigenvalue weighted by atomic mass is 15.3. The van der Waals surface area contributed by atoms with Gasteiger partial charge in [0.2, 0.25) is 0 Å². The second kappa shape index (κ2) is 6.60. The van der Waals surface area contributed by atoms with Crippen molar-refractivity contribution in [2.45, 2.75) is 25.4 Å². The molecular weight excluding hydrogens is 282 g/mol. The van der Waals surface area contributed by atoms with E-state index in [1.165, 1.54) is 48.9 Å². The van der Waals surface area contributed by atoms with Crippen LogP contribution in [0.5, 0.6) is 0 Å². The molecule has 2 fully saturated rings. The third-order valence-electron chi connectivity index (χ3n) is 5.67. The summed E-state index contributed by atoms with van der Waals surface area (Å²) in [5, 5.41) is 6.15. The van der Waals surface area contributed by atoms with Gasteiger partial charge >= 0.3 is 0 Å². The van der Waals surface area contributed by atoms with E-state index in [0.717, 1.165) is 19.1 Å². The van der Waals surface area contributed by atoms with Crippen LogP contribution in [0.3, 0.4) is 0 Å². The fourth-order valence-electron chi connectivity index (χ4n) is 4.14. The van der Waals surface area contributed by atoms with Crippen molar-refractivity contribution in [3.8, 4) is 0 Å². The van der Waals surface area contributed by atoms with Crippen molar-refractivity contribution in [1.82, 2.24) is 15.1 Å². The summed E-state index contributed by atoms with van der Waals surface area (Å²) in [6.07, 6.45) is 1.32. The lowest BCUT2D eigenvalue weighted by molar-refractivity contribution is 0.162. The fourth-order valence-corrected chi connectivity index (χ4v) is 4.14. The second-order valence-electron chi connectivity index (χ2n) is 7.01. The van der Waals surface area contributed by atoms with E-state index in [0.29, 0.717) is 6.04 Å². The molecule has 122 valence electrons. The van der Waals surface area contributed by atoms with Crippen LogP contribution >= 0.6 is 0 Å². The Morgan fingerprint density at radius 2 is 1.78 bits per heavy atom. The van der Waals surface area contributed by atoms with Crippen LogP contribution in [0.15, 0.2) is 42.5 Å². The Hall–Kier alpha value is -1.42. The molecule has 2 aliphatic heterocycles. The number of hydrogen-bond acceptors (Lipinski definition) is 3. The third kappa shape index (κ3) is 3.14. The van der Waals surface area contributed by atoms with Gasteiger partial charge in [-0.2, -0.15) is 0 Å². The minimum Gasteiger partial charge on any atom is -0.314 e. The molecule has 0 radical (unpaired) electrons. The first-order chi connectivity index (χ1) is 11.3. The fraction of sp³-hybridized carbons (Fsp3) is 0.500. The molecule has 2 heterocycles. The van der Waals surface area contributed by atoms with Gasteiger partial charge in [0.15, 0.2) is 0 Å². The first kappa shape index (κ1) is 15.1. The van der Waals surface area contributed by atoms with Crippen molar-refractivity contribution in [3.63, 3.8) is 0 Å². The average Bonchev–Trinajstić information content (AvgIpc) is 3.11. The highest BCUT2D eigenvalue weighted by molar-refractivity contribution is 5.83. The lowest BCUT2D eigenvalue weighted by Crippen LogP contribution is -2.49. The van der Waals surface area contributed by atoms with E-state index >= 15 is 0 Å². The monoisotopic (exact) mass is 309 g/mol. The Kier molecular flexibility index (Phi) is 4.34. The molecule has 4 rings (SSSR count). The van der Waals surface area contributed by atoms with Crippen LogP contribution in [-0.4, -0.2) is 55.1 Å². The summed E-state index contributed by atoms with van der Waals surface area (Å²) in [5.74, 6) is 0. The van der Waals surface area contributed by atoms with Gasteiger partial charge in [-0.15, -0.1) is 0 Å². The van der Waals surface area contributed by atoms with Gasteiger partial charge in [0.1, 0.15) is 0 Å². The quantitative estimate of drug-likeness (QED) is 0.940. The van der Waals surface area contributed by atoms with Crippen LogP contribution in [0.2, 0.25) is 0 Å². The van der Waals surface area contributed by atoms with Crippen molar-refractivity contribution in [1.29, 1.82) is 0 Å². The first-order valence-corrected chi connectivity index (χ1v) is 8.99. The molecular formula is C20H27N3. The molecule has 3 nitrogen and oxygen atoms in total. The standard InChI is InChI=1S/C20H27N3/c1-16(18-7-6-17-4-2-3-5-19(17)14-18)23-11-8-20(15-23)22-12-9-21-10-13-22/h2-7,14,16,20-21H,8-13,15H2,1H3. The van der Waals surface area contributed by atoms with Gasteiger partial charge in [-0.05, 0) is 35.7 Å². The van der Waals surface area contributed by atoms with Gasteiger partial charge in [-0.1, -0.05) is 36.4 Å². The molecule has 2 unspecified atom stereocenters. The van der Waals surface area contributed by atoms with Crippen LogP contribution in [0.4, 0.5) is 0 Å². The molecule has 2 aromatic carbocycles. The number of nitrogens with one attached hydrogen (secondary N) is 1. The Balaban J connectivity index is 1.46. The van der Waals surface area contributed by atoms with E-state index in [4.69, 9.17) is 0 Å². The van der Waals surface area contributed by atoms with Crippen molar-refractivity contribution >= 4 is 10.8 Å². The second-order valence-corrected chi connectivity index (χ2v) is 7.01. The number of benzene rings is 2. The first-order valence-electron chi connectivity index (χ1n) is 8.99. The zero-order valence-corrected chi connectivity index (χ0v) is 14.0. The topological polar surface area (TPSA) is 18.5 Å². The highest BCUT2D eigenvalue weighted by Crippen LogP contribution is 2.28. The predicted octanol–water partition coefficient (Wildman–Crippen LogP) is 2.88. The average molecular weight is 309 g/mol. The normalized spacial score (nSPS) is 25.0. The van der Waals surface area contributed by atoms with E-state index in [-0.39, 0.29) is 0 Å². The lowest BCUT2D eigenvalue weighted by atomic mass is 10.0. The number of likely N-dealkylation sites (tertiary alicyclic amines) is 1. The van der Waals surface area contributed by atoms with Crippen LogP contribution in [0, 0.1) is 0 Å². The largest absolute Gasteiger partial charge is 0.314 e. The summed E-state index contributed by atoms with van der Waals surface area (Å²) in [6.45, 7) is 9.53. The maximum atomic E-state index is 3.46. The van der Waals surface area contributed by atoms with E-state index in [9.17, 15) is 0 Å². The summed E-state index contributed by atoms with van der Waals surface area (Å²) < 4.78 is 0. The molecule has 23 heavy (non-hydrogen) atoms.